The van der Waals surface area contributed by atoms with Crippen LogP contribution >= 0.6 is 27.5 Å². The minimum absolute atomic E-state index is 0.00637. The summed E-state index contributed by atoms with van der Waals surface area (Å²) in [6.45, 7) is 1.61. The monoisotopic (exact) mass is 341 g/mol. The van der Waals surface area contributed by atoms with E-state index in [1.54, 1.807) is 37.3 Å². The number of benzene rings is 2. The minimum Gasteiger partial charge on any atom is -0.321 e. The molecule has 2 aromatic carbocycles. The van der Waals surface area contributed by atoms with Crippen molar-refractivity contribution in [1.82, 2.24) is 0 Å². The second-order valence-electron chi connectivity index (χ2n) is 4.01. The van der Waals surface area contributed by atoms with Crippen LogP contribution in [0.3, 0.4) is 0 Å². The fourth-order valence-electron chi connectivity index (χ4n) is 1.61. The van der Waals surface area contributed by atoms with Crippen molar-refractivity contribution >= 4 is 39.1 Å². The number of carbonyl (C=O) groups excluding carboxylic acids is 1. The first-order valence-electron chi connectivity index (χ1n) is 5.50. The molecule has 0 atom stereocenters. The normalized spacial score (nSPS) is 10.3. The van der Waals surface area contributed by atoms with Crippen LogP contribution in [-0.2, 0) is 0 Å². The Morgan fingerprint density at radius 3 is 2.79 bits per heavy atom. The molecular weight excluding hydrogens is 333 g/mol. The number of hydrogen-bond donors (Lipinski definition) is 1. The zero-order valence-electron chi connectivity index (χ0n) is 10.0. The van der Waals surface area contributed by atoms with E-state index in [1.165, 1.54) is 6.07 Å². The largest absolute Gasteiger partial charge is 0.321 e. The van der Waals surface area contributed by atoms with Crippen molar-refractivity contribution in [2.45, 2.75) is 6.92 Å². The summed E-state index contributed by atoms with van der Waals surface area (Å²) in [5, 5.41) is 3.11. The van der Waals surface area contributed by atoms with E-state index < -0.39 is 11.7 Å². The van der Waals surface area contributed by atoms with Gasteiger partial charge >= 0.3 is 0 Å². The number of carbonyl (C=O) groups is 1. The van der Waals surface area contributed by atoms with Crippen LogP contribution in [0.15, 0.2) is 40.9 Å². The molecule has 98 valence electrons. The van der Waals surface area contributed by atoms with Gasteiger partial charge in [-0.05, 0) is 52.7 Å². The highest BCUT2D eigenvalue weighted by Gasteiger charge is 2.14. The first-order valence-corrected chi connectivity index (χ1v) is 6.67. The van der Waals surface area contributed by atoms with Crippen molar-refractivity contribution in [3.63, 3.8) is 0 Å². The third-order valence-corrected chi connectivity index (χ3v) is 3.54. The Hall–Kier alpha value is -1.39. The van der Waals surface area contributed by atoms with Crippen molar-refractivity contribution < 1.29 is 9.18 Å². The SMILES string of the molecule is Cc1cccc(C(=O)Nc2cc(Cl)ccc2Br)c1F. The number of rotatable bonds is 2. The van der Waals surface area contributed by atoms with E-state index >= 15 is 0 Å². The van der Waals surface area contributed by atoms with Gasteiger partial charge in [0, 0.05) is 9.50 Å². The second-order valence-corrected chi connectivity index (χ2v) is 5.31. The van der Waals surface area contributed by atoms with E-state index in [0.29, 0.717) is 20.7 Å². The molecule has 0 saturated carbocycles. The molecule has 0 aliphatic rings. The standard InChI is InChI=1S/C14H10BrClFNO/c1-8-3-2-4-10(13(8)17)14(19)18-12-7-9(16)5-6-11(12)15/h2-7H,1H3,(H,18,19). The van der Waals surface area contributed by atoms with Gasteiger partial charge in [0.15, 0.2) is 0 Å². The van der Waals surface area contributed by atoms with Crippen molar-refractivity contribution in [2.24, 2.45) is 0 Å². The second kappa shape index (κ2) is 5.72. The number of halogens is 3. The van der Waals surface area contributed by atoms with E-state index in [2.05, 4.69) is 21.2 Å². The molecule has 0 unspecified atom stereocenters. The molecule has 1 N–H and O–H groups in total. The zero-order chi connectivity index (χ0) is 14.0. The van der Waals surface area contributed by atoms with E-state index in [0.717, 1.165) is 0 Å². The van der Waals surface area contributed by atoms with Gasteiger partial charge in [-0.25, -0.2) is 4.39 Å². The minimum atomic E-state index is -0.516. The summed E-state index contributed by atoms with van der Waals surface area (Å²) in [6, 6.07) is 9.69. The van der Waals surface area contributed by atoms with Crippen LogP contribution < -0.4 is 5.32 Å². The van der Waals surface area contributed by atoms with Crippen molar-refractivity contribution in [1.29, 1.82) is 0 Å². The van der Waals surface area contributed by atoms with Gasteiger partial charge < -0.3 is 5.32 Å². The van der Waals surface area contributed by atoms with E-state index in [9.17, 15) is 9.18 Å². The predicted molar refractivity (Wildman–Crippen MR) is 78.2 cm³/mol. The number of amides is 1. The molecule has 2 nitrogen and oxygen atoms in total. The highest BCUT2D eigenvalue weighted by molar-refractivity contribution is 9.10. The maximum Gasteiger partial charge on any atom is 0.258 e. The molecule has 5 heteroatoms. The lowest BCUT2D eigenvalue weighted by Crippen LogP contribution is -2.14. The number of nitrogens with one attached hydrogen (secondary N) is 1. The van der Waals surface area contributed by atoms with E-state index in [-0.39, 0.29) is 5.56 Å². The number of aryl methyl sites for hydroxylation is 1. The van der Waals surface area contributed by atoms with Gasteiger partial charge in [0.2, 0.25) is 0 Å². The van der Waals surface area contributed by atoms with Crippen LogP contribution in [0.5, 0.6) is 0 Å². The van der Waals surface area contributed by atoms with Crippen LogP contribution in [0, 0.1) is 12.7 Å². The van der Waals surface area contributed by atoms with Crippen molar-refractivity contribution in [3.8, 4) is 0 Å². The molecule has 0 aliphatic heterocycles. The Kier molecular flexibility index (Phi) is 4.22. The number of anilines is 1. The Bertz CT molecular complexity index is 645. The third kappa shape index (κ3) is 3.14. The van der Waals surface area contributed by atoms with Crippen molar-refractivity contribution in [2.75, 3.05) is 5.32 Å². The van der Waals surface area contributed by atoms with Crippen molar-refractivity contribution in [3.05, 3.63) is 62.8 Å². The molecule has 19 heavy (non-hydrogen) atoms. The highest BCUT2D eigenvalue weighted by Crippen LogP contribution is 2.26. The van der Waals surface area contributed by atoms with Crippen LogP contribution in [0.2, 0.25) is 5.02 Å². The Morgan fingerprint density at radius 1 is 1.32 bits per heavy atom. The Balaban J connectivity index is 2.31. The zero-order valence-corrected chi connectivity index (χ0v) is 12.3. The molecular formula is C14H10BrClFNO. The first kappa shape index (κ1) is 14.0. The van der Waals surface area contributed by atoms with E-state index in [1.807, 2.05) is 0 Å². The fourth-order valence-corrected chi connectivity index (χ4v) is 2.12. The summed E-state index contributed by atoms with van der Waals surface area (Å²) in [4.78, 5) is 12.0. The van der Waals surface area contributed by atoms with Gasteiger partial charge in [0.1, 0.15) is 5.82 Å². The van der Waals surface area contributed by atoms with Gasteiger partial charge in [-0.3, -0.25) is 4.79 Å². The molecule has 2 rings (SSSR count). The summed E-state index contributed by atoms with van der Waals surface area (Å²) in [5.41, 5.74) is 0.933. The summed E-state index contributed by atoms with van der Waals surface area (Å²) >= 11 is 9.15. The molecule has 0 aliphatic carbocycles. The third-order valence-electron chi connectivity index (χ3n) is 2.61. The lowest BCUT2D eigenvalue weighted by Gasteiger charge is -2.09. The first-order chi connectivity index (χ1) is 8.99. The molecule has 0 heterocycles. The smallest absolute Gasteiger partial charge is 0.258 e. The molecule has 0 saturated heterocycles. The van der Waals surface area contributed by atoms with Gasteiger partial charge in [-0.2, -0.15) is 0 Å². The lowest BCUT2D eigenvalue weighted by atomic mass is 10.1. The van der Waals surface area contributed by atoms with Crippen LogP contribution in [-0.4, -0.2) is 5.91 Å². The molecule has 0 fully saturated rings. The summed E-state index contributed by atoms with van der Waals surface area (Å²) in [6.07, 6.45) is 0. The highest BCUT2D eigenvalue weighted by atomic mass is 79.9. The molecule has 0 aromatic heterocycles. The summed E-state index contributed by atoms with van der Waals surface area (Å²) < 4.78 is 14.5. The summed E-state index contributed by atoms with van der Waals surface area (Å²) in [7, 11) is 0. The van der Waals surface area contributed by atoms with Gasteiger partial charge in [0.25, 0.3) is 5.91 Å². The molecule has 0 bridgehead atoms. The molecule has 0 radical (unpaired) electrons. The summed E-state index contributed by atoms with van der Waals surface area (Å²) in [5.74, 6) is -1.03. The van der Waals surface area contributed by atoms with Crippen LogP contribution in [0.25, 0.3) is 0 Å². The number of hydrogen-bond acceptors (Lipinski definition) is 1. The van der Waals surface area contributed by atoms with E-state index in [4.69, 9.17) is 11.6 Å². The van der Waals surface area contributed by atoms with Crippen LogP contribution in [0.4, 0.5) is 10.1 Å². The van der Waals surface area contributed by atoms with Crippen LogP contribution in [0.1, 0.15) is 15.9 Å². The quantitative estimate of drug-likeness (QED) is 0.834. The van der Waals surface area contributed by atoms with Gasteiger partial charge in [-0.1, -0.05) is 23.7 Å². The van der Waals surface area contributed by atoms with Gasteiger partial charge in [-0.15, -0.1) is 0 Å². The molecule has 2 aromatic rings. The van der Waals surface area contributed by atoms with Gasteiger partial charge in [0.05, 0.1) is 11.3 Å². The Labute approximate surface area is 123 Å². The molecule has 1 amide bonds. The maximum atomic E-state index is 13.8. The topological polar surface area (TPSA) is 29.1 Å². The fraction of sp³-hybridized carbons (Fsp3) is 0.0714. The molecule has 0 spiro atoms. The Morgan fingerprint density at radius 2 is 2.05 bits per heavy atom. The average molecular weight is 343 g/mol. The lowest BCUT2D eigenvalue weighted by molar-refractivity contribution is 0.102. The predicted octanol–water partition coefficient (Wildman–Crippen LogP) is 4.80. The maximum absolute atomic E-state index is 13.8. The average Bonchev–Trinajstić information content (AvgIpc) is 2.37.